The number of ether oxygens (including phenoxy) is 2. The molecule has 0 unspecified atom stereocenters. The summed E-state index contributed by atoms with van der Waals surface area (Å²) in [5.41, 5.74) is -0.201. The molecule has 0 bridgehead atoms. The Morgan fingerprint density at radius 3 is 2.61 bits per heavy atom. The van der Waals surface area contributed by atoms with Crippen molar-refractivity contribution in [1.29, 1.82) is 0 Å². The number of aromatic nitrogens is 1. The van der Waals surface area contributed by atoms with E-state index in [4.69, 9.17) is 19.7 Å². The lowest BCUT2D eigenvalue weighted by Gasteiger charge is -2.37. The number of nitrogens with zero attached hydrogens (tertiary/aromatic N) is 3. The number of pyridine rings is 1. The van der Waals surface area contributed by atoms with Crippen molar-refractivity contribution in [2.45, 2.75) is 19.1 Å². The lowest BCUT2D eigenvalue weighted by atomic mass is 10.1. The Labute approximate surface area is 178 Å². The van der Waals surface area contributed by atoms with Crippen molar-refractivity contribution in [3.05, 3.63) is 33.9 Å². The number of benzene rings is 1. The van der Waals surface area contributed by atoms with Crippen molar-refractivity contribution in [3.63, 3.8) is 0 Å². The van der Waals surface area contributed by atoms with Gasteiger partial charge in [-0.3, -0.25) is 4.79 Å². The monoisotopic (exact) mass is 435 g/mol. The molecule has 0 spiro atoms. The van der Waals surface area contributed by atoms with Gasteiger partial charge in [0.05, 0.1) is 30.2 Å². The number of hydrogen-bond donors (Lipinski definition) is 2. The first-order valence-corrected chi connectivity index (χ1v) is 10.3. The number of halogens is 1. The SMILES string of the molecule is C[C@H]1COc2c(N3CCN(C)CC3)c(F)cc3c(=O)c(C(=O)OC(CO)CO)cn1c23. The van der Waals surface area contributed by atoms with Gasteiger partial charge in [-0.1, -0.05) is 0 Å². The molecule has 2 aliphatic rings. The molecule has 3 heterocycles. The van der Waals surface area contributed by atoms with E-state index in [0.717, 1.165) is 19.2 Å². The topological polar surface area (TPSA) is 104 Å². The number of aliphatic hydroxyl groups excluding tert-OH is 2. The summed E-state index contributed by atoms with van der Waals surface area (Å²) in [6.45, 7) is 3.77. The van der Waals surface area contributed by atoms with Crippen LogP contribution in [0, 0.1) is 5.82 Å². The average Bonchev–Trinajstić information content (AvgIpc) is 2.76. The van der Waals surface area contributed by atoms with Crippen LogP contribution in [0.5, 0.6) is 5.75 Å². The fraction of sp³-hybridized carbons (Fsp3) is 0.524. The summed E-state index contributed by atoms with van der Waals surface area (Å²) < 4.78 is 27.9. The smallest absolute Gasteiger partial charge is 0.344 e. The van der Waals surface area contributed by atoms with E-state index < -0.39 is 36.5 Å². The van der Waals surface area contributed by atoms with Crippen LogP contribution in [0.1, 0.15) is 23.3 Å². The van der Waals surface area contributed by atoms with E-state index in [1.165, 1.54) is 6.20 Å². The predicted octanol–water partition coefficient (Wildman–Crippen LogP) is 0.356. The molecule has 0 aliphatic carbocycles. The highest BCUT2D eigenvalue weighted by molar-refractivity contribution is 5.98. The molecule has 4 rings (SSSR count). The Morgan fingerprint density at radius 2 is 1.97 bits per heavy atom. The van der Waals surface area contributed by atoms with Crippen molar-refractivity contribution < 1.29 is 28.9 Å². The molecule has 1 fully saturated rings. The highest BCUT2D eigenvalue weighted by Gasteiger charge is 2.31. The average molecular weight is 435 g/mol. The number of likely N-dealkylation sites (N-methyl/N-ethyl adjacent to an activating group) is 1. The van der Waals surface area contributed by atoms with Crippen LogP contribution in [-0.4, -0.2) is 84.8 Å². The van der Waals surface area contributed by atoms with Crippen molar-refractivity contribution in [2.75, 3.05) is 57.9 Å². The standard InChI is InChI=1S/C21H26FN3O6/c1-12-11-30-20-17-14(7-16(22)18(20)24-5-3-23(2)4-6-24)19(28)15(8-25(12)17)21(29)31-13(9-26)10-27/h7-8,12-13,26-27H,3-6,9-11H2,1-2H3/t12-/m0/s1. The fourth-order valence-corrected chi connectivity index (χ4v) is 4.03. The molecule has 0 radical (unpaired) electrons. The van der Waals surface area contributed by atoms with Gasteiger partial charge < -0.3 is 34.1 Å². The predicted molar refractivity (Wildman–Crippen MR) is 111 cm³/mol. The van der Waals surface area contributed by atoms with Gasteiger partial charge in [0.25, 0.3) is 0 Å². The Morgan fingerprint density at radius 1 is 1.29 bits per heavy atom. The van der Waals surface area contributed by atoms with Crippen LogP contribution in [0.25, 0.3) is 10.9 Å². The molecule has 31 heavy (non-hydrogen) atoms. The van der Waals surface area contributed by atoms with Gasteiger partial charge in [0.15, 0.2) is 11.6 Å². The minimum absolute atomic E-state index is 0.0240. The van der Waals surface area contributed by atoms with E-state index in [9.17, 15) is 9.59 Å². The number of carbonyl (C=O) groups is 1. The van der Waals surface area contributed by atoms with Crippen LogP contribution < -0.4 is 15.1 Å². The molecular weight excluding hydrogens is 409 g/mol. The van der Waals surface area contributed by atoms with Crippen molar-refractivity contribution in [2.24, 2.45) is 0 Å². The summed E-state index contributed by atoms with van der Waals surface area (Å²) in [7, 11) is 2.01. The summed E-state index contributed by atoms with van der Waals surface area (Å²) >= 11 is 0. The number of piperazine rings is 1. The molecule has 1 atom stereocenters. The van der Waals surface area contributed by atoms with Gasteiger partial charge in [0, 0.05) is 32.4 Å². The van der Waals surface area contributed by atoms with Crippen LogP contribution in [0.3, 0.4) is 0 Å². The minimum Gasteiger partial charge on any atom is -0.487 e. The Hall–Kier alpha value is -2.69. The molecule has 168 valence electrons. The molecule has 1 aromatic heterocycles. The van der Waals surface area contributed by atoms with Gasteiger partial charge >= 0.3 is 5.97 Å². The number of esters is 1. The van der Waals surface area contributed by atoms with Crippen molar-refractivity contribution in [1.82, 2.24) is 9.47 Å². The molecule has 10 heteroatoms. The highest BCUT2D eigenvalue weighted by atomic mass is 19.1. The van der Waals surface area contributed by atoms with Gasteiger partial charge in [-0.15, -0.1) is 0 Å². The van der Waals surface area contributed by atoms with E-state index in [-0.39, 0.29) is 23.6 Å². The first kappa shape index (κ1) is 21.5. The number of anilines is 1. The van der Waals surface area contributed by atoms with Crippen LogP contribution in [0.15, 0.2) is 17.1 Å². The zero-order valence-corrected chi connectivity index (χ0v) is 17.5. The van der Waals surface area contributed by atoms with E-state index >= 15 is 4.39 Å². The maximum atomic E-state index is 15.3. The van der Waals surface area contributed by atoms with E-state index in [1.807, 2.05) is 18.9 Å². The van der Waals surface area contributed by atoms with Gasteiger partial charge in [-0.05, 0) is 20.0 Å². The molecule has 2 aromatic rings. The quantitative estimate of drug-likeness (QED) is 0.649. The van der Waals surface area contributed by atoms with Crippen LogP contribution in [0.2, 0.25) is 0 Å². The Kier molecular flexibility index (Phi) is 5.87. The molecular formula is C21H26FN3O6. The maximum absolute atomic E-state index is 15.3. The molecule has 1 saturated heterocycles. The largest absolute Gasteiger partial charge is 0.487 e. The second-order valence-electron chi connectivity index (χ2n) is 8.05. The van der Waals surface area contributed by atoms with Gasteiger partial charge in [0.2, 0.25) is 5.43 Å². The third-order valence-electron chi connectivity index (χ3n) is 5.86. The van der Waals surface area contributed by atoms with Crippen molar-refractivity contribution >= 4 is 22.6 Å². The van der Waals surface area contributed by atoms with E-state index in [1.54, 1.807) is 4.57 Å². The van der Waals surface area contributed by atoms with Crippen LogP contribution in [-0.2, 0) is 4.74 Å². The molecule has 1 aromatic carbocycles. The summed E-state index contributed by atoms with van der Waals surface area (Å²) in [4.78, 5) is 29.7. The first-order valence-electron chi connectivity index (χ1n) is 10.3. The third kappa shape index (κ3) is 3.75. The molecule has 0 amide bonds. The Bertz CT molecular complexity index is 1060. The molecule has 2 N–H and O–H groups in total. The minimum atomic E-state index is -1.14. The third-order valence-corrected chi connectivity index (χ3v) is 5.86. The normalized spacial score (nSPS) is 19.0. The second kappa shape index (κ2) is 8.45. The second-order valence-corrected chi connectivity index (χ2v) is 8.05. The van der Waals surface area contributed by atoms with Gasteiger partial charge in [0.1, 0.15) is 24.0 Å². The summed E-state index contributed by atoms with van der Waals surface area (Å²) in [6, 6.07) is 0.943. The first-order chi connectivity index (χ1) is 14.8. The summed E-state index contributed by atoms with van der Waals surface area (Å²) in [5.74, 6) is -1.26. The number of hydrogen-bond acceptors (Lipinski definition) is 8. The summed E-state index contributed by atoms with van der Waals surface area (Å²) in [5, 5.41) is 18.4. The van der Waals surface area contributed by atoms with Crippen molar-refractivity contribution in [3.8, 4) is 5.75 Å². The number of aliphatic hydroxyl groups is 2. The highest BCUT2D eigenvalue weighted by Crippen LogP contribution is 2.42. The van der Waals surface area contributed by atoms with E-state index in [0.29, 0.717) is 30.0 Å². The zero-order valence-electron chi connectivity index (χ0n) is 17.5. The van der Waals surface area contributed by atoms with E-state index in [2.05, 4.69) is 4.90 Å². The number of carbonyl (C=O) groups excluding carboxylic acids is 1. The Balaban J connectivity index is 1.87. The summed E-state index contributed by atoms with van der Waals surface area (Å²) in [6.07, 6.45) is 0.248. The lowest BCUT2D eigenvalue weighted by molar-refractivity contribution is -0.00563. The fourth-order valence-electron chi connectivity index (χ4n) is 4.03. The maximum Gasteiger partial charge on any atom is 0.344 e. The zero-order chi connectivity index (χ0) is 22.3. The number of rotatable bonds is 5. The molecule has 2 aliphatic heterocycles. The molecule has 9 nitrogen and oxygen atoms in total. The molecule has 0 saturated carbocycles. The van der Waals surface area contributed by atoms with Crippen LogP contribution >= 0.6 is 0 Å². The lowest BCUT2D eigenvalue weighted by Crippen LogP contribution is -2.45. The van der Waals surface area contributed by atoms with Gasteiger partial charge in [-0.25, -0.2) is 9.18 Å². The van der Waals surface area contributed by atoms with Crippen LogP contribution in [0.4, 0.5) is 10.1 Å². The van der Waals surface area contributed by atoms with Gasteiger partial charge in [-0.2, -0.15) is 0 Å².